The fraction of sp³-hybridized carbons (Fsp3) is 0.242. The van der Waals surface area contributed by atoms with Gasteiger partial charge in [0.15, 0.2) is 6.10 Å². The fourth-order valence-electron chi connectivity index (χ4n) is 4.54. The summed E-state index contributed by atoms with van der Waals surface area (Å²) in [6.07, 6.45) is -0.455. The van der Waals surface area contributed by atoms with E-state index in [4.69, 9.17) is 19.3 Å². The molecule has 0 aromatic heterocycles. The predicted molar refractivity (Wildman–Crippen MR) is 160 cm³/mol. The topological polar surface area (TPSA) is 111 Å². The Hall–Kier alpha value is -4.89. The molecule has 0 saturated carbocycles. The van der Waals surface area contributed by atoms with Crippen molar-refractivity contribution in [2.75, 3.05) is 18.1 Å². The zero-order valence-corrected chi connectivity index (χ0v) is 23.6. The molecule has 1 atom stereocenters. The molecular weight excluding hydrogens is 536 g/mol. The molecule has 42 heavy (non-hydrogen) atoms. The zero-order chi connectivity index (χ0) is 29.9. The first-order chi connectivity index (χ1) is 20.3. The zero-order valence-electron chi connectivity index (χ0n) is 23.6. The monoisotopic (exact) mass is 570 g/mol. The SMILES string of the molecule is CCC(OCCOc1cccc(Oc2ccc(CN(Cc3ccccc3)c3cccc([N+](=O)[O-])c3C)cc2)c1)C(=O)O. The molecule has 0 spiro atoms. The Balaban J connectivity index is 1.42. The highest BCUT2D eigenvalue weighted by Crippen LogP contribution is 2.31. The summed E-state index contributed by atoms with van der Waals surface area (Å²) in [5.41, 5.74) is 3.65. The minimum atomic E-state index is -0.984. The van der Waals surface area contributed by atoms with Crippen LogP contribution < -0.4 is 14.4 Å². The lowest BCUT2D eigenvalue weighted by Crippen LogP contribution is -2.25. The summed E-state index contributed by atoms with van der Waals surface area (Å²) in [5.74, 6) is 0.839. The number of hydrogen-bond acceptors (Lipinski definition) is 7. The lowest BCUT2D eigenvalue weighted by molar-refractivity contribution is -0.385. The van der Waals surface area contributed by atoms with Gasteiger partial charge in [0.05, 0.1) is 17.1 Å². The number of anilines is 1. The molecule has 218 valence electrons. The molecule has 1 unspecified atom stereocenters. The van der Waals surface area contributed by atoms with Gasteiger partial charge in [0.2, 0.25) is 0 Å². The largest absolute Gasteiger partial charge is 0.491 e. The van der Waals surface area contributed by atoms with Crippen LogP contribution in [0.3, 0.4) is 0 Å². The standard InChI is InChI=1S/C33H34N2O7/c1-3-32(33(36)37)41-20-19-40-28-11-7-12-29(21-28)42-27-17-15-26(16-18-27)23-34(22-25-9-5-4-6-10-25)30-13-8-14-31(24(30)2)35(38)39/h4-18,21,32H,3,19-20,22-23H2,1-2H3,(H,36,37). The van der Waals surface area contributed by atoms with Crippen LogP contribution in [0.4, 0.5) is 11.4 Å². The van der Waals surface area contributed by atoms with E-state index in [9.17, 15) is 14.9 Å². The summed E-state index contributed by atoms with van der Waals surface area (Å²) >= 11 is 0. The normalized spacial score (nSPS) is 11.5. The van der Waals surface area contributed by atoms with E-state index in [0.717, 1.165) is 16.8 Å². The maximum atomic E-state index is 11.6. The third kappa shape index (κ3) is 8.31. The van der Waals surface area contributed by atoms with Gasteiger partial charge in [0.25, 0.3) is 5.69 Å². The van der Waals surface area contributed by atoms with Crippen LogP contribution in [0.2, 0.25) is 0 Å². The minimum Gasteiger partial charge on any atom is -0.491 e. The molecule has 0 aliphatic rings. The summed E-state index contributed by atoms with van der Waals surface area (Å²) in [6.45, 7) is 5.05. The summed E-state index contributed by atoms with van der Waals surface area (Å²) in [4.78, 5) is 24.4. The number of nitro groups is 1. The fourth-order valence-corrected chi connectivity index (χ4v) is 4.54. The maximum absolute atomic E-state index is 11.6. The quantitative estimate of drug-likeness (QED) is 0.0910. The van der Waals surface area contributed by atoms with Gasteiger partial charge in [-0.2, -0.15) is 0 Å². The molecule has 0 heterocycles. The lowest BCUT2D eigenvalue weighted by Gasteiger charge is -2.27. The van der Waals surface area contributed by atoms with E-state index >= 15 is 0 Å². The van der Waals surface area contributed by atoms with E-state index in [1.807, 2.05) is 72.8 Å². The van der Waals surface area contributed by atoms with Gasteiger partial charge in [-0.05, 0) is 54.8 Å². The molecule has 0 aliphatic carbocycles. The number of ether oxygens (including phenoxy) is 3. The van der Waals surface area contributed by atoms with Crippen molar-refractivity contribution in [1.29, 1.82) is 0 Å². The van der Waals surface area contributed by atoms with Gasteiger partial charge >= 0.3 is 5.97 Å². The average Bonchev–Trinajstić information content (AvgIpc) is 2.98. The smallest absolute Gasteiger partial charge is 0.332 e. The predicted octanol–water partition coefficient (Wildman–Crippen LogP) is 7.16. The Morgan fingerprint density at radius 2 is 1.52 bits per heavy atom. The van der Waals surface area contributed by atoms with Crippen LogP contribution in [0.15, 0.2) is 97.1 Å². The van der Waals surface area contributed by atoms with Crippen LogP contribution in [0, 0.1) is 17.0 Å². The molecule has 4 aromatic rings. The molecule has 0 fully saturated rings. The van der Waals surface area contributed by atoms with Crippen LogP contribution >= 0.6 is 0 Å². The lowest BCUT2D eigenvalue weighted by atomic mass is 10.1. The van der Waals surface area contributed by atoms with Crippen LogP contribution in [0.1, 0.15) is 30.0 Å². The third-order valence-corrected chi connectivity index (χ3v) is 6.69. The number of nitro benzene ring substituents is 1. The van der Waals surface area contributed by atoms with E-state index in [1.165, 1.54) is 6.07 Å². The van der Waals surface area contributed by atoms with Crippen molar-refractivity contribution in [3.63, 3.8) is 0 Å². The third-order valence-electron chi connectivity index (χ3n) is 6.69. The van der Waals surface area contributed by atoms with E-state index in [2.05, 4.69) is 4.90 Å². The van der Waals surface area contributed by atoms with Crippen LogP contribution in [0.25, 0.3) is 0 Å². The van der Waals surface area contributed by atoms with Crippen molar-refractivity contribution in [3.8, 4) is 17.2 Å². The Morgan fingerprint density at radius 1 is 0.857 bits per heavy atom. The number of nitrogens with zero attached hydrogens (tertiary/aromatic N) is 2. The number of rotatable bonds is 15. The van der Waals surface area contributed by atoms with Gasteiger partial charge in [0.1, 0.15) is 23.9 Å². The Kier molecular flexibility index (Phi) is 10.5. The molecule has 0 amide bonds. The van der Waals surface area contributed by atoms with Crippen molar-refractivity contribution in [2.24, 2.45) is 0 Å². The molecular formula is C33H34N2O7. The second-order valence-corrected chi connectivity index (χ2v) is 9.70. The van der Waals surface area contributed by atoms with Crippen LogP contribution in [-0.4, -0.2) is 35.3 Å². The first-order valence-electron chi connectivity index (χ1n) is 13.7. The number of carbonyl (C=O) groups is 1. The van der Waals surface area contributed by atoms with Gasteiger partial charge in [0, 0.05) is 30.9 Å². The Labute approximate surface area is 245 Å². The first-order valence-corrected chi connectivity index (χ1v) is 13.7. The molecule has 0 bridgehead atoms. The molecule has 9 heteroatoms. The average molecular weight is 571 g/mol. The van der Waals surface area contributed by atoms with Gasteiger partial charge in [-0.15, -0.1) is 0 Å². The van der Waals surface area contributed by atoms with Crippen molar-refractivity contribution >= 4 is 17.3 Å². The molecule has 4 rings (SSSR count). The number of carboxylic acid groups (broad SMARTS) is 1. The molecule has 0 saturated heterocycles. The second kappa shape index (κ2) is 14.7. The van der Waals surface area contributed by atoms with Crippen molar-refractivity contribution in [3.05, 3.63) is 124 Å². The van der Waals surface area contributed by atoms with E-state index in [-0.39, 0.29) is 23.8 Å². The van der Waals surface area contributed by atoms with Gasteiger partial charge in [-0.3, -0.25) is 10.1 Å². The molecule has 0 aliphatic heterocycles. The number of aliphatic carboxylic acids is 1. The van der Waals surface area contributed by atoms with Crippen LogP contribution in [-0.2, 0) is 22.6 Å². The highest BCUT2D eigenvalue weighted by molar-refractivity contribution is 5.72. The number of carboxylic acids is 1. The highest BCUT2D eigenvalue weighted by Gasteiger charge is 2.19. The van der Waals surface area contributed by atoms with Gasteiger partial charge in [-0.1, -0.05) is 61.5 Å². The highest BCUT2D eigenvalue weighted by atomic mass is 16.6. The Morgan fingerprint density at radius 3 is 2.19 bits per heavy atom. The van der Waals surface area contributed by atoms with Gasteiger partial charge < -0.3 is 24.2 Å². The van der Waals surface area contributed by atoms with Crippen molar-refractivity contribution < 1.29 is 29.0 Å². The van der Waals surface area contributed by atoms with E-state index < -0.39 is 12.1 Å². The van der Waals surface area contributed by atoms with E-state index in [0.29, 0.717) is 42.3 Å². The van der Waals surface area contributed by atoms with E-state index in [1.54, 1.807) is 32.0 Å². The molecule has 0 radical (unpaired) electrons. The first kappa shape index (κ1) is 30.1. The maximum Gasteiger partial charge on any atom is 0.332 e. The molecule has 1 N–H and O–H groups in total. The molecule has 9 nitrogen and oxygen atoms in total. The summed E-state index contributed by atoms with van der Waals surface area (Å²) in [6, 6.07) is 30.1. The Bertz CT molecular complexity index is 1480. The van der Waals surface area contributed by atoms with Crippen molar-refractivity contribution in [2.45, 2.75) is 39.5 Å². The minimum absolute atomic E-state index is 0.0958. The summed E-state index contributed by atoms with van der Waals surface area (Å²) in [7, 11) is 0. The number of hydrogen-bond donors (Lipinski definition) is 1. The molecule has 4 aromatic carbocycles. The summed E-state index contributed by atoms with van der Waals surface area (Å²) < 4.78 is 17.1. The van der Waals surface area contributed by atoms with Crippen molar-refractivity contribution in [1.82, 2.24) is 0 Å². The van der Waals surface area contributed by atoms with Gasteiger partial charge in [-0.25, -0.2) is 4.79 Å². The number of benzene rings is 4. The summed E-state index contributed by atoms with van der Waals surface area (Å²) in [5, 5.41) is 20.7. The second-order valence-electron chi connectivity index (χ2n) is 9.70. The van der Waals surface area contributed by atoms with Crippen LogP contribution in [0.5, 0.6) is 17.2 Å².